The number of hydrogen-bond acceptors (Lipinski definition) is 2. The van der Waals surface area contributed by atoms with Crippen molar-refractivity contribution in [2.45, 2.75) is 64.5 Å². The molecule has 3 aliphatic rings. The fraction of sp³-hybridized carbons (Fsp3) is 0.667. The number of rotatable bonds is 1. The Morgan fingerprint density at radius 3 is 2.70 bits per heavy atom. The zero-order valence-electron chi connectivity index (χ0n) is 13.4. The average molecular weight is 272 g/mol. The van der Waals surface area contributed by atoms with E-state index in [0.29, 0.717) is 12.1 Å². The lowest BCUT2D eigenvalue weighted by Gasteiger charge is -2.40. The van der Waals surface area contributed by atoms with E-state index in [0.717, 1.165) is 6.54 Å². The van der Waals surface area contributed by atoms with E-state index >= 15 is 0 Å². The molecule has 3 aliphatic heterocycles. The molecule has 2 nitrogen and oxygen atoms in total. The van der Waals surface area contributed by atoms with Crippen molar-refractivity contribution in [3.63, 3.8) is 0 Å². The monoisotopic (exact) mass is 272 g/mol. The summed E-state index contributed by atoms with van der Waals surface area (Å²) >= 11 is 0. The molecule has 2 heteroatoms. The Morgan fingerprint density at radius 2 is 2.00 bits per heavy atom. The van der Waals surface area contributed by atoms with E-state index in [2.05, 4.69) is 56.1 Å². The summed E-state index contributed by atoms with van der Waals surface area (Å²) in [5, 5.41) is 3.69. The van der Waals surface area contributed by atoms with Crippen LogP contribution in [0.1, 0.15) is 51.2 Å². The van der Waals surface area contributed by atoms with E-state index in [-0.39, 0.29) is 5.41 Å². The fourth-order valence-electron chi connectivity index (χ4n) is 3.65. The third-order valence-electron chi connectivity index (χ3n) is 4.96. The summed E-state index contributed by atoms with van der Waals surface area (Å²) in [7, 11) is 0. The molecule has 1 N–H and O–H groups in total. The van der Waals surface area contributed by atoms with Crippen molar-refractivity contribution < 1.29 is 0 Å². The maximum Gasteiger partial charge on any atom is 0.0415 e. The number of benzene rings is 1. The Labute approximate surface area is 123 Å². The zero-order valence-corrected chi connectivity index (χ0v) is 13.4. The highest BCUT2D eigenvalue weighted by Gasteiger charge is 2.31. The van der Waals surface area contributed by atoms with Gasteiger partial charge in [-0.25, -0.2) is 0 Å². The number of nitrogens with one attached hydrogen (secondary N) is 1. The first-order chi connectivity index (χ1) is 9.45. The number of anilines is 1. The molecular formula is C18H28N2. The van der Waals surface area contributed by atoms with E-state index < -0.39 is 0 Å². The number of aryl methyl sites for hydroxylation is 1. The molecule has 3 heterocycles. The minimum Gasteiger partial charge on any atom is -0.365 e. The van der Waals surface area contributed by atoms with Gasteiger partial charge in [-0.2, -0.15) is 0 Å². The first-order valence-electron chi connectivity index (χ1n) is 8.06. The summed E-state index contributed by atoms with van der Waals surface area (Å²) in [6, 6.07) is 8.45. The summed E-state index contributed by atoms with van der Waals surface area (Å²) in [6.45, 7) is 11.5. The van der Waals surface area contributed by atoms with E-state index in [9.17, 15) is 0 Å². The van der Waals surface area contributed by atoms with Crippen molar-refractivity contribution in [3.8, 4) is 0 Å². The largest absolute Gasteiger partial charge is 0.365 e. The van der Waals surface area contributed by atoms with Crippen molar-refractivity contribution >= 4 is 5.69 Å². The third kappa shape index (κ3) is 2.58. The minimum atomic E-state index is 0.239. The highest BCUT2D eigenvalue weighted by molar-refractivity contribution is 5.56. The Kier molecular flexibility index (Phi) is 3.53. The normalized spacial score (nSPS) is 26.7. The lowest BCUT2D eigenvalue weighted by molar-refractivity contribution is 0.424. The van der Waals surface area contributed by atoms with E-state index in [1.807, 2.05) is 0 Å². The van der Waals surface area contributed by atoms with Crippen LogP contribution in [0.3, 0.4) is 0 Å². The molecule has 0 spiro atoms. The number of piperazine rings is 1. The van der Waals surface area contributed by atoms with Crippen molar-refractivity contribution in [3.05, 3.63) is 29.3 Å². The van der Waals surface area contributed by atoms with Crippen LogP contribution in [-0.2, 0) is 5.41 Å². The van der Waals surface area contributed by atoms with Crippen LogP contribution in [0.4, 0.5) is 5.69 Å². The Bertz CT molecular complexity index is 483. The smallest absolute Gasteiger partial charge is 0.0415 e. The lowest BCUT2D eigenvalue weighted by Crippen LogP contribution is -2.54. The average Bonchev–Trinajstić information content (AvgIpc) is 2.72. The molecule has 2 atom stereocenters. The van der Waals surface area contributed by atoms with Gasteiger partial charge in [-0.3, -0.25) is 0 Å². The molecule has 4 rings (SSSR count). The summed E-state index contributed by atoms with van der Waals surface area (Å²) in [4.78, 5) is 2.66. The fourth-order valence-corrected chi connectivity index (χ4v) is 3.65. The van der Waals surface area contributed by atoms with Crippen molar-refractivity contribution in [2.75, 3.05) is 18.0 Å². The van der Waals surface area contributed by atoms with E-state index in [4.69, 9.17) is 0 Å². The molecule has 1 aromatic rings. The van der Waals surface area contributed by atoms with Crippen LogP contribution in [0.15, 0.2) is 18.2 Å². The number of nitrogens with zero attached hydrogens (tertiary/aromatic N) is 1. The maximum atomic E-state index is 3.69. The van der Waals surface area contributed by atoms with Gasteiger partial charge in [-0.15, -0.1) is 0 Å². The quantitative estimate of drug-likeness (QED) is 0.840. The van der Waals surface area contributed by atoms with Gasteiger partial charge < -0.3 is 10.2 Å². The molecule has 2 bridgehead atoms. The Balaban J connectivity index is 1.91. The van der Waals surface area contributed by atoms with Crippen molar-refractivity contribution in [1.29, 1.82) is 0 Å². The molecule has 2 unspecified atom stereocenters. The maximum absolute atomic E-state index is 3.69. The van der Waals surface area contributed by atoms with Gasteiger partial charge in [0.2, 0.25) is 0 Å². The van der Waals surface area contributed by atoms with Crippen LogP contribution in [0.25, 0.3) is 0 Å². The third-order valence-corrected chi connectivity index (χ3v) is 4.96. The second-order valence-electron chi connectivity index (χ2n) is 7.59. The molecular weight excluding hydrogens is 244 g/mol. The Hall–Kier alpha value is -1.02. The summed E-state index contributed by atoms with van der Waals surface area (Å²) in [5.74, 6) is 0. The number of fused-ring (bicyclic) bond motifs is 4. The minimum absolute atomic E-state index is 0.239. The summed E-state index contributed by atoms with van der Waals surface area (Å²) in [6.07, 6.45) is 4.05. The van der Waals surface area contributed by atoms with Gasteiger partial charge in [0.1, 0.15) is 0 Å². The van der Waals surface area contributed by atoms with Gasteiger partial charge >= 0.3 is 0 Å². The summed E-state index contributed by atoms with van der Waals surface area (Å²) < 4.78 is 0. The predicted octanol–water partition coefficient (Wildman–Crippen LogP) is 3.62. The second kappa shape index (κ2) is 5.07. The predicted molar refractivity (Wildman–Crippen MR) is 86.7 cm³/mol. The molecule has 3 fully saturated rings. The standard InChI is InChI=1S/C18H28N2/c1-13-10-14(18(2,3)4)8-9-17(13)20-12-15-6-5-7-16(20)11-19-15/h8-10,15-16,19H,5-7,11-12H2,1-4H3. The SMILES string of the molecule is Cc1cc(C(C)(C)C)ccc1N1CC2CCCC1CN2. The zero-order chi connectivity index (χ0) is 14.3. The molecule has 0 aromatic heterocycles. The second-order valence-corrected chi connectivity index (χ2v) is 7.59. The summed E-state index contributed by atoms with van der Waals surface area (Å²) in [5.41, 5.74) is 4.57. The van der Waals surface area contributed by atoms with Gasteiger partial charge in [0.25, 0.3) is 0 Å². The Morgan fingerprint density at radius 1 is 1.20 bits per heavy atom. The van der Waals surface area contributed by atoms with Crippen LogP contribution in [-0.4, -0.2) is 25.2 Å². The number of hydrogen-bond donors (Lipinski definition) is 1. The molecule has 1 aromatic carbocycles. The van der Waals surface area contributed by atoms with Crippen LogP contribution in [0, 0.1) is 6.92 Å². The van der Waals surface area contributed by atoms with Gasteiger partial charge in [0.15, 0.2) is 0 Å². The van der Waals surface area contributed by atoms with Crippen LogP contribution < -0.4 is 10.2 Å². The molecule has 0 radical (unpaired) electrons. The molecule has 3 saturated heterocycles. The van der Waals surface area contributed by atoms with Gasteiger partial charge in [-0.05, 0) is 48.8 Å². The molecule has 0 aliphatic carbocycles. The molecule has 0 saturated carbocycles. The molecule has 20 heavy (non-hydrogen) atoms. The van der Waals surface area contributed by atoms with E-state index in [1.54, 1.807) is 0 Å². The first kappa shape index (κ1) is 13.9. The lowest BCUT2D eigenvalue weighted by atomic mass is 9.86. The van der Waals surface area contributed by atoms with E-state index in [1.165, 1.54) is 42.6 Å². The van der Waals surface area contributed by atoms with Gasteiger partial charge in [-0.1, -0.05) is 32.9 Å². The molecule has 0 amide bonds. The van der Waals surface area contributed by atoms with Crippen molar-refractivity contribution in [2.24, 2.45) is 0 Å². The molecule has 110 valence electrons. The van der Waals surface area contributed by atoms with Crippen LogP contribution in [0.2, 0.25) is 0 Å². The first-order valence-corrected chi connectivity index (χ1v) is 8.06. The van der Waals surface area contributed by atoms with Crippen molar-refractivity contribution in [1.82, 2.24) is 5.32 Å². The topological polar surface area (TPSA) is 15.3 Å². The van der Waals surface area contributed by atoms with Gasteiger partial charge in [0, 0.05) is 30.9 Å². The highest BCUT2D eigenvalue weighted by Crippen LogP contribution is 2.32. The van der Waals surface area contributed by atoms with Crippen LogP contribution in [0.5, 0.6) is 0 Å². The van der Waals surface area contributed by atoms with Gasteiger partial charge in [0.05, 0.1) is 0 Å². The van der Waals surface area contributed by atoms with Crippen LogP contribution >= 0.6 is 0 Å². The highest BCUT2D eigenvalue weighted by atomic mass is 15.2.